The minimum absolute atomic E-state index is 0.0309. The topological polar surface area (TPSA) is 66.7 Å². The molecule has 0 aliphatic carbocycles. The van der Waals surface area contributed by atoms with Crippen molar-refractivity contribution in [2.45, 2.75) is 0 Å². The fourth-order valence-corrected chi connectivity index (χ4v) is 3.28. The van der Waals surface area contributed by atoms with Gasteiger partial charge in [0.05, 0.1) is 24.0 Å². The van der Waals surface area contributed by atoms with Crippen LogP contribution in [0.15, 0.2) is 46.9 Å². The zero-order valence-corrected chi connectivity index (χ0v) is 15.4. The summed E-state index contributed by atoms with van der Waals surface area (Å²) in [5.41, 5.74) is 4.89. The van der Waals surface area contributed by atoms with E-state index < -0.39 is 0 Å². The van der Waals surface area contributed by atoms with Crippen LogP contribution in [0.3, 0.4) is 0 Å². The number of phenolic OH excluding ortho intramolecular Hbond substituents is 1. The second kappa shape index (κ2) is 7.74. The first-order valence-corrected chi connectivity index (χ1v) is 8.78. The number of aromatic hydroxyl groups is 1. The second-order valence-electron chi connectivity index (χ2n) is 4.93. The van der Waals surface area contributed by atoms with Gasteiger partial charge in [0.1, 0.15) is 0 Å². The van der Waals surface area contributed by atoms with E-state index in [0.717, 1.165) is 11.3 Å². The number of benzene rings is 2. The van der Waals surface area contributed by atoms with Gasteiger partial charge in [0.2, 0.25) is 5.13 Å². The third-order valence-electron chi connectivity index (χ3n) is 3.33. The number of nitrogens with one attached hydrogen (secondary N) is 1. The predicted octanol–water partition coefficient (Wildman–Crippen LogP) is 5.28. The Morgan fingerprint density at radius 1 is 1.28 bits per heavy atom. The standard InChI is InChI=1S/C17H13Cl2N3O2S/c1-24-15-4-2-3-10(16(15)23)8-20-22-17-21-14(9-25-17)12-6-5-11(18)7-13(12)19/h2-9,23H,1H3,(H,21,22)/b20-8-. The summed E-state index contributed by atoms with van der Waals surface area (Å²) in [5.74, 6) is 0.418. The molecule has 2 aromatic carbocycles. The highest BCUT2D eigenvalue weighted by Gasteiger charge is 2.09. The Morgan fingerprint density at radius 3 is 2.88 bits per heavy atom. The normalized spacial score (nSPS) is 11.0. The van der Waals surface area contributed by atoms with Crippen molar-refractivity contribution in [2.24, 2.45) is 5.10 Å². The highest BCUT2D eigenvalue weighted by Crippen LogP contribution is 2.32. The van der Waals surface area contributed by atoms with Crippen molar-refractivity contribution in [3.8, 4) is 22.8 Å². The van der Waals surface area contributed by atoms with Crippen LogP contribution >= 0.6 is 34.5 Å². The van der Waals surface area contributed by atoms with E-state index in [1.54, 1.807) is 30.3 Å². The van der Waals surface area contributed by atoms with Crippen LogP contribution in [0, 0.1) is 0 Å². The largest absolute Gasteiger partial charge is 0.504 e. The van der Waals surface area contributed by atoms with E-state index in [2.05, 4.69) is 15.5 Å². The summed E-state index contributed by atoms with van der Waals surface area (Å²) in [4.78, 5) is 4.44. The highest BCUT2D eigenvalue weighted by atomic mass is 35.5. The Balaban J connectivity index is 1.74. The lowest BCUT2D eigenvalue weighted by atomic mass is 10.2. The molecule has 5 nitrogen and oxygen atoms in total. The third kappa shape index (κ3) is 4.04. The number of anilines is 1. The number of nitrogens with zero attached hydrogens (tertiary/aromatic N) is 2. The molecule has 2 N–H and O–H groups in total. The van der Waals surface area contributed by atoms with Gasteiger partial charge >= 0.3 is 0 Å². The molecular weight excluding hydrogens is 381 g/mol. The Labute approximate surface area is 158 Å². The smallest absolute Gasteiger partial charge is 0.203 e. The number of phenols is 1. The van der Waals surface area contributed by atoms with Crippen molar-refractivity contribution < 1.29 is 9.84 Å². The second-order valence-corrected chi connectivity index (χ2v) is 6.63. The van der Waals surface area contributed by atoms with Crippen molar-refractivity contribution in [3.63, 3.8) is 0 Å². The lowest BCUT2D eigenvalue weighted by Gasteiger charge is -2.04. The average Bonchev–Trinajstić information content (AvgIpc) is 3.05. The number of hydrogen-bond acceptors (Lipinski definition) is 6. The molecular formula is C17H13Cl2N3O2S. The van der Waals surface area contributed by atoms with Gasteiger partial charge in [-0.1, -0.05) is 29.3 Å². The van der Waals surface area contributed by atoms with Crippen molar-refractivity contribution in [2.75, 3.05) is 12.5 Å². The van der Waals surface area contributed by atoms with Crippen LogP contribution in [0.4, 0.5) is 5.13 Å². The molecule has 0 bridgehead atoms. The van der Waals surface area contributed by atoms with E-state index in [0.29, 0.717) is 26.5 Å². The highest BCUT2D eigenvalue weighted by molar-refractivity contribution is 7.14. The lowest BCUT2D eigenvalue weighted by molar-refractivity contribution is 0.373. The van der Waals surface area contributed by atoms with Crippen LogP contribution in [0.2, 0.25) is 10.0 Å². The molecule has 1 aromatic heterocycles. The molecule has 3 aromatic rings. The summed E-state index contributed by atoms with van der Waals surface area (Å²) in [6, 6.07) is 10.4. The maximum absolute atomic E-state index is 10.0. The van der Waals surface area contributed by atoms with Gasteiger partial charge in [-0.3, -0.25) is 5.43 Å². The predicted molar refractivity (Wildman–Crippen MR) is 103 cm³/mol. The molecule has 0 spiro atoms. The summed E-state index contributed by atoms with van der Waals surface area (Å²) in [6.07, 6.45) is 1.49. The number of hydrazone groups is 1. The number of rotatable bonds is 5. The number of methoxy groups -OCH3 is 1. The molecule has 0 aliphatic heterocycles. The van der Waals surface area contributed by atoms with Gasteiger partial charge in [0, 0.05) is 21.5 Å². The lowest BCUT2D eigenvalue weighted by Crippen LogP contribution is -1.92. The first-order valence-electron chi connectivity index (χ1n) is 7.14. The first-order chi connectivity index (χ1) is 12.1. The third-order valence-corrected chi connectivity index (χ3v) is 4.62. The van der Waals surface area contributed by atoms with E-state index in [9.17, 15) is 5.11 Å². The first kappa shape index (κ1) is 17.5. The molecule has 25 heavy (non-hydrogen) atoms. The quantitative estimate of drug-likeness (QED) is 0.457. The van der Waals surface area contributed by atoms with E-state index in [-0.39, 0.29) is 5.75 Å². The number of halogens is 2. The van der Waals surface area contributed by atoms with Crippen LogP contribution in [-0.2, 0) is 0 Å². The average molecular weight is 394 g/mol. The van der Waals surface area contributed by atoms with Gasteiger partial charge in [-0.25, -0.2) is 4.98 Å². The molecule has 0 aliphatic rings. The molecule has 3 rings (SSSR count). The summed E-state index contributed by atoms with van der Waals surface area (Å²) in [7, 11) is 1.49. The molecule has 8 heteroatoms. The van der Waals surface area contributed by atoms with Crippen LogP contribution in [0.5, 0.6) is 11.5 Å². The summed E-state index contributed by atoms with van der Waals surface area (Å²) in [5, 5.41) is 17.7. The van der Waals surface area contributed by atoms with Crippen LogP contribution in [0.1, 0.15) is 5.56 Å². The molecule has 0 saturated heterocycles. The van der Waals surface area contributed by atoms with Crippen LogP contribution in [0.25, 0.3) is 11.3 Å². The van der Waals surface area contributed by atoms with E-state index in [1.807, 2.05) is 11.4 Å². The molecule has 0 fully saturated rings. The van der Waals surface area contributed by atoms with Gasteiger partial charge in [0.25, 0.3) is 0 Å². The van der Waals surface area contributed by atoms with Crippen molar-refractivity contribution in [3.05, 3.63) is 57.4 Å². The maximum Gasteiger partial charge on any atom is 0.203 e. The minimum Gasteiger partial charge on any atom is -0.504 e. The van der Waals surface area contributed by atoms with Gasteiger partial charge < -0.3 is 9.84 Å². The van der Waals surface area contributed by atoms with Crippen molar-refractivity contribution >= 4 is 45.9 Å². The van der Waals surface area contributed by atoms with E-state index >= 15 is 0 Å². The van der Waals surface area contributed by atoms with Crippen LogP contribution in [-0.4, -0.2) is 23.4 Å². The Bertz CT molecular complexity index is 928. The maximum atomic E-state index is 10.0. The summed E-state index contributed by atoms with van der Waals surface area (Å²) >= 11 is 13.5. The monoisotopic (exact) mass is 393 g/mol. The Hall–Kier alpha value is -2.28. The number of ether oxygens (including phenoxy) is 1. The Morgan fingerprint density at radius 2 is 2.12 bits per heavy atom. The van der Waals surface area contributed by atoms with Crippen molar-refractivity contribution in [1.29, 1.82) is 0 Å². The molecule has 0 amide bonds. The fourth-order valence-electron chi connectivity index (χ4n) is 2.11. The summed E-state index contributed by atoms with van der Waals surface area (Å²) in [6.45, 7) is 0. The number of hydrogen-bond donors (Lipinski definition) is 2. The van der Waals surface area contributed by atoms with Gasteiger partial charge in [-0.15, -0.1) is 11.3 Å². The number of thiazole rings is 1. The summed E-state index contributed by atoms with van der Waals surface area (Å²) < 4.78 is 5.06. The fraction of sp³-hybridized carbons (Fsp3) is 0.0588. The Kier molecular flexibility index (Phi) is 5.43. The zero-order chi connectivity index (χ0) is 17.8. The number of aromatic nitrogens is 1. The number of para-hydroxylation sites is 1. The van der Waals surface area contributed by atoms with E-state index in [4.69, 9.17) is 27.9 Å². The minimum atomic E-state index is 0.0309. The van der Waals surface area contributed by atoms with Crippen LogP contribution < -0.4 is 10.2 Å². The molecule has 0 saturated carbocycles. The van der Waals surface area contributed by atoms with E-state index in [1.165, 1.54) is 24.7 Å². The zero-order valence-electron chi connectivity index (χ0n) is 13.0. The van der Waals surface area contributed by atoms with Gasteiger partial charge in [0.15, 0.2) is 11.5 Å². The van der Waals surface area contributed by atoms with Crippen molar-refractivity contribution in [1.82, 2.24) is 4.98 Å². The van der Waals surface area contributed by atoms with Gasteiger partial charge in [-0.2, -0.15) is 5.10 Å². The molecule has 0 unspecified atom stereocenters. The molecule has 0 atom stereocenters. The SMILES string of the molecule is COc1cccc(/C=N\Nc2nc(-c3ccc(Cl)cc3Cl)cs2)c1O. The molecule has 0 radical (unpaired) electrons. The van der Waals surface area contributed by atoms with Gasteiger partial charge in [-0.05, 0) is 30.3 Å². The molecule has 1 heterocycles. The molecule has 128 valence electrons.